The van der Waals surface area contributed by atoms with Gasteiger partial charge in [-0.15, -0.1) is 0 Å². The number of rotatable bonds is 5. The first-order chi connectivity index (χ1) is 13.5. The Bertz CT molecular complexity index is 984. The predicted molar refractivity (Wildman–Crippen MR) is 118 cm³/mol. The monoisotopic (exact) mass is 519 g/mol. The van der Waals surface area contributed by atoms with Crippen LogP contribution >= 0.6 is 43.6 Å². The van der Waals surface area contributed by atoms with Crippen LogP contribution in [-0.2, 0) is 9.59 Å². The average Bonchev–Trinajstić information content (AvgIpc) is 2.67. The topological polar surface area (TPSA) is 82.0 Å². The normalized spacial score (nSPS) is 16.3. The van der Waals surface area contributed by atoms with Crippen LogP contribution < -0.4 is 10.6 Å². The Balaban J connectivity index is 1.74. The van der Waals surface area contributed by atoms with Crippen molar-refractivity contribution in [2.24, 2.45) is 0 Å². The van der Waals surface area contributed by atoms with Crippen LogP contribution in [0.3, 0.4) is 0 Å². The second-order valence-electron chi connectivity index (χ2n) is 6.06. The molecule has 1 heterocycles. The zero-order valence-corrected chi connectivity index (χ0v) is 18.5. The van der Waals surface area contributed by atoms with E-state index >= 15 is 0 Å². The first-order valence-corrected chi connectivity index (χ1v) is 10.9. The van der Waals surface area contributed by atoms with Crippen LogP contribution in [0, 0.1) is 11.3 Å². The van der Waals surface area contributed by atoms with Gasteiger partial charge in [0.15, 0.2) is 0 Å². The number of carbonyl (C=O) groups is 2. The molecule has 0 saturated heterocycles. The van der Waals surface area contributed by atoms with Gasteiger partial charge in [-0.3, -0.25) is 9.59 Å². The first-order valence-electron chi connectivity index (χ1n) is 8.34. The van der Waals surface area contributed by atoms with Crippen LogP contribution in [0.2, 0.25) is 0 Å². The average molecular weight is 521 g/mol. The minimum Gasteiger partial charge on any atom is -0.325 e. The molecule has 2 amide bonds. The SMILES string of the molecule is N#CC1=C(SCC(=O)Nc2ccc(Br)cc2)NC(=O)C[C@H]1c1cccc(Br)c1. The van der Waals surface area contributed by atoms with Crippen LogP contribution in [-0.4, -0.2) is 17.6 Å². The fraction of sp³-hybridized carbons (Fsp3) is 0.150. The molecule has 0 unspecified atom stereocenters. The van der Waals surface area contributed by atoms with Crippen molar-refractivity contribution in [2.45, 2.75) is 12.3 Å². The molecule has 8 heteroatoms. The van der Waals surface area contributed by atoms with E-state index in [1.165, 1.54) is 0 Å². The molecule has 1 aliphatic heterocycles. The summed E-state index contributed by atoms with van der Waals surface area (Å²) in [5, 5.41) is 15.7. The smallest absolute Gasteiger partial charge is 0.234 e. The highest BCUT2D eigenvalue weighted by molar-refractivity contribution is 9.10. The van der Waals surface area contributed by atoms with Gasteiger partial charge in [0.05, 0.1) is 22.4 Å². The number of carbonyl (C=O) groups excluding carboxylic acids is 2. The second kappa shape index (κ2) is 9.41. The van der Waals surface area contributed by atoms with Gasteiger partial charge in [-0.25, -0.2) is 0 Å². The van der Waals surface area contributed by atoms with E-state index in [1.807, 2.05) is 36.4 Å². The molecule has 0 radical (unpaired) electrons. The largest absolute Gasteiger partial charge is 0.325 e. The summed E-state index contributed by atoms with van der Waals surface area (Å²) in [5.41, 5.74) is 2.04. The third kappa shape index (κ3) is 5.25. The lowest BCUT2D eigenvalue weighted by Crippen LogP contribution is -2.31. The minimum atomic E-state index is -0.326. The molecular formula is C20H15Br2N3O2S. The Hall–Kier alpha value is -2.08. The molecular weight excluding hydrogens is 506 g/mol. The lowest BCUT2D eigenvalue weighted by molar-refractivity contribution is -0.121. The van der Waals surface area contributed by atoms with Gasteiger partial charge in [0.2, 0.25) is 11.8 Å². The zero-order valence-electron chi connectivity index (χ0n) is 14.5. The van der Waals surface area contributed by atoms with Crippen molar-refractivity contribution in [3.63, 3.8) is 0 Å². The van der Waals surface area contributed by atoms with E-state index in [2.05, 4.69) is 48.6 Å². The number of nitrogens with one attached hydrogen (secondary N) is 2. The predicted octanol–water partition coefficient (Wildman–Crippen LogP) is 4.92. The fourth-order valence-corrected chi connectivity index (χ4v) is 4.37. The van der Waals surface area contributed by atoms with Gasteiger partial charge in [0.1, 0.15) is 0 Å². The van der Waals surface area contributed by atoms with E-state index in [-0.39, 0.29) is 29.9 Å². The maximum absolute atomic E-state index is 12.2. The number of hydrogen-bond acceptors (Lipinski definition) is 4. The van der Waals surface area contributed by atoms with Gasteiger partial charge in [-0.1, -0.05) is 55.8 Å². The van der Waals surface area contributed by atoms with Gasteiger partial charge in [0.25, 0.3) is 0 Å². The summed E-state index contributed by atoms with van der Waals surface area (Å²) < 4.78 is 1.81. The summed E-state index contributed by atoms with van der Waals surface area (Å²) in [5.74, 6) is -0.619. The molecule has 1 aliphatic rings. The molecule has 0 aromatic heterocycles. The minimum absolute atomic E-state index is 0.0854. The molecule has 0 fully saturated rings. The molecule has 2 aromatic rings. The van der Waals surface area contributed by atoms with Gasteiger partial charge >= 0.3 is 0 Å². The Kier molecular flexibility index (Phi) is 6.94. The summed E-state index contributed by atoms with van der Waals surface area (Å²) in [6.45, 7) is 0. The standard InChI is InChI=1S/C20H15Br2N3O2S/c21-13-4-6-15(7-5-13)24-19(27)11-28-20-17(10-23)16(9-18(26)25-20)12-2-1-3-14(22)8-12/h1-8,16H,9,11H2,(H,24,27)(H,25,26)/t16-/m0/s1. The number of halogens is 2. The highest BCUT2D eigenvalue weighted by Crippen LogP contribution is 2.36. The number of amides is 2. The second-order valence-corrected chi connectivity index (χ2v) is 8.88. The lowest BCUT2D eigenvalue weighted by atomic mass is 9.87. The highest BCUT2D eigenvalue weighted by Gasteiger charge is 2.30. The van der Waals surface area contributed by atoms with Gasteiger partial charge < -0.3 is 10.6 Å². The van der Waals surface area contributed by atoms with Crippen LogP contribution in [0.1, 0.15) is 17.9 Å². The zero-order chi connectivity index (χ0) is 20.1. The van der Waals surface area contributed by atoms with Crippen LogP contribution in [0.15, 0.2) is 68.1 Å². The quantitative estimate of drug-likeness (QED) is 0.586. The van der Waals surface area contributed by atoms with E-state index in [0.29, 0.717) is 16.3 Å². The number of thioether (sulfide) groups is 1. The number of hydrogen-bond donors (Lipinski definition) is 2. The van der Waals surface area contributed by atoms with Crippen LogP contribution in [0.5, 0.6) is 0 Å². The summed E-state index contributed by atoms with van der Waals surface area (Å²) in [6, 6.07) is 17.0. The van der Waals surface area contributed by atoms with Crippen molar-refractivity contribution in [1.82, 2.24) is 5.32 Å². The van der Waals surface area contributed by atoms with Crippen molar-refractivity contribution in [3.05, 3.63) is 73.6 Å². The number of nitrogens with zero attached hydrogens (tertiary/aromatic N) is 1. The molecule has 3 rings (SSSR count). The maximum atomic E-state index is 12.2. The molecule has 0 aliphatic carbocycles. The summed E-state index contributed by atoms with van der Waals surface area (Å²) in [4.78, 5) is 24.4. The summed E-state index contributed by atoms with van der Waals surface area (Å²) >= 11 is 7.93. The Morgan fingerprint density at radius 1 is 1.21 bits per heavy atom. The van der Waals surface area contributed by atoms with Crippen molar-refractivity contribution >= 4 is 61.1 Å². The number of benzene rings is 2. The van der Waals surface area contributed by atoms with Crippen molar-refractivity contribution in [1.29, 1.82) is 5.26 Å². The number of anilines is 1. The molecule has 0 bridgehead atoms. The molecule has 0 saturated carbocycles. The van der Waals surface area contributed by atoms with Crippen molar-refractivity contribution in [2.75, 3.05) is 11.1 Å². The van der Waals surface area contributed by atoms with E-state index in [1.54, 1.807) is 12.1 Å². The molecule has 5 nitrogen and oxygen atoms in total. The number of nitriles is 1. The van der Waals surface area contributed by atoms with E-state index < -0.39 is 0 Å². The highest BCUT2D eigenvalue weighted by atomic mass is 79.9. The summed E-state index contributed by atoms with van der Waals surface area (Å²) in [6.07, 6.45) is 0.203. The Labute approximate surface area is 183 Å². The molecule has 142 valence electrons. The fourth-order valence-electron chi connectivity index (χ4n) is 2.81. The molecule has 1 atom stereocenters. The summed E-state index contributed by atoms with van der Waals surface area (Å²) in [7, 11) is 0. The van der Waals surface area contributed by atoms with Crippen molar-refractivity contribution in [3.8, 4) is 6.07 Å². The lowest BCUT2D eigenvalue weighted by Gasteiger charge is -2.25. The number of allylic oxidation sites excluding steroid dienone is 1. The van der Waals surface area contributed by atoms with E-state index in [4.69, 9.17) is 0 Å². The van der Waals surface area contributed by atoms with Crippen LogP contribution in [0.25, 0.3) is 0 Å². The van der Waals surface area contributed by atoms with Gasteiger partial charge in [-0.2, -0.15) is 5.26 Å². The van der Waals surface area contributed by atoms with Crippen molar-refractivity contribution < 1.29 is 9.59 Å². The molecule has 0 spiro atoms. The third-order valence-electron chi connectivity index (χ3n) is 4.08. The van der Waals surface area contributed by atoms with Gasteiger partial charge in [-0.05, 0) is 42.0 Å². The van der Waals surface area contributed by atoms with E-state index in [9.17, 15) is 14.9 Å². The third-order valence-corrected chi connectivity index (χ3v) is 6.12. The van der Waals surface area contributed by atoms with Crippen LogP contribution in [0.4, 0.5) is 5.69 Å². The molecule has 28 heavy (non-hydrogen) atoms. The Morgan fingerprint density at radius 3 is 2.64 bits per heavy atom. The first kappa shape index (κ1) is 20.6. The van der Waals surface area contributed by atoms with E-state index in [0.717, 1.165) is 26.3 Å². The molecule has 2 aromatic carbocycles. The Morgan fingerprint density at radius 2 is 1.96 bits per heavy atom. The molecule has 2 N–H and O–H groups in total. The van der Waals surface area contributed by atoms with Gasteiger partial charge in [0, 0.05) is 27.0 Å². The maximum Gasteiger partial charge on any atom is 0.234 e.